The summed E-state index contributed by atoms with van der Waals surface area (Å²) in [7, 11) is 0. The van der Waals surface area contributed by atoms with Crippen LogP contribution in [0.25, 0.3) is 72.2 Å². The third-order valence-corrected chi connectivity index (χ3v) is 9.16. The van der Waals surface area contributed by atoms with E-state index >= 15 is 0 Å². The van der Waals surface area contributed by atoms with Crippen molar-refractivity contribution in [1.29, 1.82) is 0 Å². The Bertz CT molecular complexity index is 2530. The lowest BCUT2D eigenvalue weighted by Crippen LogP contribution is -2.14. The molecule has 8 aromatic rings. The first-order valence-corrected chi connectivity index (χ1v) is 14.9. The number of benzene rings is 6. The lowest BCUT2D eigenvalue weighted by molar-refractivity contribution is 0.660. The summed E-state index contributed by atoms with van der Waals surface area (Å²) in [5.41, 5.74) is 9.17. The van der Waals surface area contributed by atoms with Crippen LogP contribution in [0.2, 0.25) is 0 Å². The fourth-order valence-electron chi connectivity index (χ4n) is 7.10. The SMILES string of the molecule is [2H]C([2H])([2H])C1(C)c2ccccc2-c2ccc(-c3cccc4c5ccccc5n(-c5nc(-c6ccccc6)c6ccccc6n5)c34)cc21. The smallest absolute Gasteiger partial charge is 0.235 e. The van der Waals surface area contributed by atoms with E-state index in [0.29, 0.717) is 5.95 Å². The molecular formula is C41H29N3. The first kappa shape index (κ1) is 22.1. The molecule has 0 fully saturated rings. The summed E-state index contributed by atoms with van der Waals surface area (Å²) in [6.45, 7) is -0.374. The zero-order valence-electron chi connectivity index (χ0n) is 27.1. The summed E-state index contributed by atoms with van der Waals surface area (Å²) in [5, 5.41) is 3.17. The molecule has 0 radical (unpaired) electrons. The van der Waals surface area contributed by atoms with E-state index in [-0.39, 0.29) is 0 Å². The molecule has 0 bridgehead atoms. The molecule has 6 aromatic carbocycles. The zero-order chi connectivity index (χ0) is 31.9. The number of aromatic nitrogens is 3. The Morgan fingerprint density at radius 2 is 1.27 bits per heavy atom. The van der Waals surface area contributed by atoms with E-state index in [1.54, 1.807) is 0 Å². The van der Waals surface area contributed by atoms with Crippen LogP contribution in [0.5, 0.6) is 0 Å². The van der Waals surface area contributed by atoms with E-state index in [2.05, 4.69) is 77.4 Å². The van der Waals surface area contributed by atoms with E-state index in [9.17, 15) is 0 Å². The third kappa shape index (κ3) is 3.50. The van der Waals surface area contributed by atoms with E-state index < -0.39 is 12.3 Å². The van der Waals surface area contributed by atoms with Gasteiger partial charge in [0, 0.05) is 36.8 Å². The number of hydrogen-bond acceptors (Lipinski definition) is 2. The molecule has 3 heteroatoms. The first-order valence-electron chi connectivity index (χ1n) is 16.4. The van der Waals surface area contributed by atoms with E-state index in [4.69, 9.17) is 14.1 Å². The highest BCUT2D eigenvalue weighted by Gasteiger charge is 2.35. The Morgan fingerprint density at radius 1 is 0.568 bits per heavy atom. The monoisotopic (exact) mass is 566 g/mol. The highest BCUT2D eigenvalue weighted by atomic mass is 15.2. The molecular weight excluding hydrogens is 534 g/mol. The van der Waals surface area contributed by atoms with E-state index in [1.807, 2.05) is 73.7 Å². The van der Waals surface area contributed by atoms with Gasteiger partial charge in [-0.3, -0.25) is 4.57 Å². The van der Waals surface area contributed by atoms with Gasteiger partial charge < -0.3 is 0 Å². The minimum absolute atomic E-state index is 0.585. The van der Waals surface area contributed by atoms with Crippen molar-refractivity contribution in [2.45, 2.75) is 19.2 Å². The second-order valence-corrected chi connectivity index (χ2v) is 11.7. The molecule has 0 N–H and O–H groups in total. The van der Waals surface area contributed by atoms with Crippen LogP contribution in [-0.4, -0.2) is 14.5 Å². The fourth-order valence-corrected chi connectivity index (χ4v) is 7.10. The quantitative estimate of drug-likeness (QED) is 0.213. The highest BCUT2D eigenvalue weighted by molar-refractivity contribution is 6.13. The Morgan fingerprint density at radius 3 is 2.16 bits per heavy atom. The molecule has 208 valence electrons. The predicted molar refractivity (Wildman–Crippen MR) is 182 cm³/mol. The van der Waals surface area contributed by atoms with Gasteiger partial charge in [0.25, 0.3) is 0 Å². The van der Waals surface area contributed by atoms with Crippen LogP contribution in [0.4, 0.5) is 0 Å². The van der Waals surface area contributed by atoms with Crippen LogP contribution >= 0.6 is 0 Å². The lowest BCUT2D eigenvalue weighted by Gasteiger charge is -2.22. The largest absolute Gasteiger partial charge is 0.277 e. The van der Waals surface area contributed by atoms with Crippen LogP contribution in [0.3, 0.4) is 0 Å². The van der Waals surface area contributed by atoms with Gasteiger partial charge in [-0.05, 0) is 46.0 Å². The second kappa shape index (κ2) is 9.23. The van der Waals surface area contributed by atoms with Gasteiger partial charge in [0.1, 0.15) is 0 Å². The van der Waals surface area contributed by atoms with E-state index in [1.165, 1.54) is 0 Å². The van der Waals surface area contributed by atoms with Crippen molar-refractivity contribution in [2.75, 3.05) is 0 Å². The molecule has 44 heavy (non-hydrogen) atoms. The Kier molecular flexibility index (Phi) is 4.63. The summed E-state index contributed by atoms with van der Waals surface area (Å²) in [6, 6.07) is 47.3. The van der Waals surface area contributed by atoms with Gasteiger partial charge in [0.05, 0.1) is 22.2 Å². The summed E-state index contributed by atoms with van der Waals surface area (Å²) in [5.74, 6) is 0.585. The topological polar surface area (TPSA) is 30.7 Å². The normalized spacial score (nSPS) is 16.9. The van der Waals surface area contributed by atoms with Crippen LogP contribution in [0.15, 0.2) is 140 Å². The molecule has 2 heterocycles. The molecule has 2 aromatic heterocycles. The average molecular weight is 567 g/mol. The van der Waals surface area contributed by atoms with E-state index in [0.717, 1.165) is 77.3 Å². The van der Waals surface area contributed by atoms with Crippen molar-refractivity contribution in [1.82, 2.24) is 14.5 Å². The molecule has 1 aliphatic rings. The summed E-state index contributed by atoms with van der Waals surface area (Å²) < 4.78 is 28.2. The number of fused-ring (bicyclic) bond motifs is 7. The number of para-hydroxylation sites is 3. The van der Waals surface area contributed by atoms with Crippen molar-refractivity contribution in [3.8, 4) is 39.5 Å². The number of rotatable bonds is 3. The van der Waals surface area contributed by atoms with Crippen molar-refractivity contribution in [3.05, 3.63) is 151 Å². The van der Waals surface area contributed by atoms with Gasteiger partial charge >= 0.3 is 0 Å². The molecule has 0 saturated carbocycles. The van der Waals surface area contributed by atoms with Crippen LogP contribution < -0.4 is 0 Å². The molecule has 1 aliphatic carbocycles. The van der Waals surface area contributed by atoms with Gasteiger partial charge in [0.2, 0.25) is 5.95 Å². The van der Waals surface area contributed by atoms with Crippen molar-refractivity contribution < 1.29 is 4.11 Å². The molecule has 9 rings (SSSR count). The maximum Gasteiger partial charge on any atom is 0.235 e. The fraction of sp³-hybridized carbons (Fsp3) is 0.0732. The summed E-state index contributed by atoms with van der Waals surface area (Å²) in [4.78, 5) is 10.4. The maximum absolute atomic E-state index is 8.68. The number of hydrogen-bond donors (Lipinski definition) is 0. The van der Waals surface area contributed by atoms with Gasteiger partial charge in [0.15, 0.2) is 0 Å². The number of nitrogens with zero attached hydrogens (tertiary/aromatic N) is 3. The van der Waals surface area contributed by atoms with Crippen LogP contribution in [0, 0.1) is 0 Å². The average Bonchev–Trinajstić information content (AvgIpc) is 3.58. The van der Waals surface area contributed by atoms with Gasteiger partial charge in [-0.25, -0.2) is 9.97 Å². The third-order valence-electron chi connectivity index (χ3n) is 9.16. The molecule has 1 unspecified atom stereocenters. The van der Waals surface area contributed by atoms with Crippen LogP contribution in [-0.2, 0) is 5.41 Å². The minimum Gasteiger partial charge on any atom is -0.277 e. The van der Waals surface area contributed by atoms with Crippen molar-refractivity contribution in [3.63, 3.8) is 0 Å². The molecule has 3 nitrogen and oxygen atoms in total. The predicted octanol–water partition coefficient (Wildman–Crippen LogP) is 10.4. The Hall–Kier alpha value is -5.54. The Balaban J connectivity index is 1.35. The standard InChI is InChI=1S/C41H29N3/c1-41(2)34-20-9-6-15-29(34)30-24-23-27(25-35(30)41)28-18-12-19-32-31-16-8-11-22-37(31)44(39(28)32)40-42-36-21-10-7-17-33(36)38(43-40)26-13-4-3-5-14-26/h3-25H,1-2H3/i1D3. The highest BCUT2D eigenvalue weighted by Crippen LogP contribution is 2.50. The van der Waals surface area contributed by atoms with Gasteiger partial charge in [-0.1, -0.05) is 135 Å². The first-order chi connectivity index (χ1) is 22.8. The summed E-state index contributed by atoms with van der Waals surface area (Å²) >= 11 is 0. The molecule has 0 spiro atoms. The molecule has 0 saturated heterocycles. The molecule has 1 atom stereocenters. The van der Waals surface area contributed by atoms with Crippen molar-refractivity contribution >= 4 is 32.7 Å². The second-order valence-electron chi connectivity index (χ2n) is 11.7. The molecule has 0 aliphatic heterocycles. The summed E-state index contributed by atoms with van der Waals surface area (Å²) in [6.07, 6.45) is 0. The lowest BCUT2D eigenvalue weighted by atomic mass is 9.81. The maximum atomic E-state index is 8.68. The molecule has 0 amide bonds. The zero-order valence-corrected chi connectivity index (χ0v) is 24.1. The minimum atomic E-state index is -2.24. The van der Waals surface area contributed by atoms with Crippen LogP contribution in [0.1, 0.15) is 29.0 Å². The van der Waals surface area contributed by atoms with Gasteiger partial charge in [-0.2, -0.15) is 0 Å². The van der Waals surface area contributed by atoms with Gasteiger partial charge in [-0.15, -0.1) is 0 Å². The Labute approximate surface area is 260 Å². The van der Waals surface area contributed by atoms with Crippen molar-refractivity contribution in [2.24, 2.45) is 0 Å².